The van der Waals surface area contributed by atoms with E-state index in [0.717, 1.165) is 0 Å². The number of nitrogens with zero attached hydrogens (tertiary/aromatic N) is 2. The summed E-state index contributed by atoms with van der Waals surface area (Å²) >= 11 is 3.18. The summed E-state index contributed by atoms with van der Waals surface area (Å²) in [5.74, 6) is 0.0111. The van der Waals surface area contributed by atoms with E-state index in [1.807, 2.05) is 0 Å². The van der Waals surface area contributed by atoms with Crippen molar-refractivity contribution in [3.05, 3.63) is 16.7 Å². The van der Waals surface area contributed by atoms with Crippen LogP contribution in [-0.4, -0.2) is 19.6 Å². The number of aromatic nitrogens is 2. The van der Waals surface area contributed by atoms with Crippen LogP contribution >= 0.6 is 15.9 Å². The maximum absolute atomic E-state index is 11.1. The molecule has 0 aliphatic carbocycles. The Hall–Kier alpha value is -0.710. The van der Waals surface area contributed by atoms with Crippen LogP contribution in [0, 0.1) is 0 Å². The van der Waals surface area contributed by atoms with Gasteiger partial charge in [-0.2, -0.15) is 0 Å². The zero-order valence-electron chi connectivity index (χ0n) is 6.12. The third-order valence-electron chi connectivity index (χ3n) is 1.43. The monoisotopic (exact) mass is 220 g/mol. The summed E-state index contributed by atoms with van der Waals surface area (Å²) in [4.78, 5) is 11.1. The fraction of sp³-hybridized carbons (Fsp3) is 0.500. The molecule has 11 heavy (non-hydrogen) atoms. The maximum atomic E-state index is 11.1. The highest BCUT2D eigenvalue weighted by Crippen LogP contribution is 2.04. The van der Waals surface area contributed by atoms with Crippen molar-refractivity contribution >= 4 is 15.9 Å². The molecule has 0 aliphatic heterocycles. The van der Waals surface area contributed by atoms with Crippen molar-refractivity contribution in [3.63, 3.8) is 0 Å². The zero-order valence-corrected chi connectivity index (χ0v) is 7.71. The van der Waals surface area contributed by atoms with E-state index in [9.17, 15) is 4.79 Å². The summed E-state index contributed by atoms with van der Waals surface area (Å²) in [6, 6.07) is 0. The van der Waals surface area contributed by atoms with E-state index >= 15 is 0 Å². The Bertz CT molecular complexity index is 302. The fourth-order valence-electron chi connectivity index (χ4n) is 0.881. The summed E-state index contributed by atoms with van der Waals surface area (Å²) in [6.07, 6.45) is 1.39. The number of hydrogen-bond donors (Lipinski definition) is 1. The van der Waals surface area contributed by atoms with Gasteiger partial charge in [0, 0.05) is 18.9 Å². The molecule has 1 N–H and O–H groups in total. The first-order valence-electron chi connectivity index (χ1n) is 3.18. The van der Waals surface area contributed by atoms with Gasteiger partial charge in [-0.05, 0) is 0 Å². The molecule has 62 valence electrons. The summed E-state index contributed by atoms with van der Waals surface area (Å²) in [7, 11) is 1.60. The molecule has 0 atom stereocenters. The van der Waals surface area contributed by atoms with Gasteiger partial charge in [-0.3, -0.25) is 9.13 Å². The molecule has 0 radical (unpaired) electrons. The topological polar surface area (TPSA) is 47.2 Å². The molecule has 1 rings (SSSR count). The van der Waals surface area contributed by atoms with Gasteiger partial charge in [0.25, 0.3) is 0 Å². The van der Waals surface area contributed by atoms with Gasteiger partial charge >= 0.3 is 5.69 Å². The molecule has 0 fully saturated rings. The van der Waals surface area contributed by atoms with Crippen molar-refractivity contribution < 1.29 is 5.11 Å². The van der Waals surface area contributed by atoms with Crippen LogP contribution in [0.15, 0.2) is 11.0 Å². The van der Waals surface area contributed by atoms with Gasteiger partial charge in [0.15, 0.2) is 0 Å². The molecule has 0 saturated carbocycles. The second-order valence-electron chi connectivity index (χ2n) is 2.22. The maximum Gasteiger partial charge on any atom is 0.330 e. The fourth-order valence-corrected chi connectivity index (χ4v) is 1.24. The minimum atomic E-state index is -0.193. The molecule has 0 aliphatic rings. The Morgan fingerprint density at radius 2 is 2.36 bits per heavy atom. The van der Waals surface area contributed by atoms with Gasteiger partial charge in [-0.1, -0.05) is 15.9 Å². The van der Waals surface area contributed by atoms with Gasteiger partial charge in [0.05, 0.1) is 6.20 Å². The van der Waals surface area contributed by atoms with Crippen LogP contribution in [0.5, 0.6) is 5.88 Å². The van der Waals surface area contributed by atoms with Crippen LogP contribution in [0.2, 0.25) is 0 Å². The Kier molecular flexibility index (Phi) is 2.38. The molecule has 5 heteroatoms. The first-order chi connectivity index (χ1) is 5.16. The van der Waals surface area contributed by atoms with Crippen molar-refractivity contribution in [1.29, 1.82) is 0 Å². The average Bonchev–Trinajstić information content (AvgIpc) is 2.17. The van der Waals surface area contributed by atoms with Gasteiger partial charge in [-0.25, -0.2) is 4.79 Å². The van der Waals surface area contributed by atoms with Gasteiger partial charge < -0.3 is 5.11 Å². The van der Waals surface area contributed by atoms with E-state index in [1.165, 1.54) is 15.3 Å². The lowest BCUT2D eigenvalue weighted by Gasteiger charge is -1.96. The average molecular weight is 221 g/mol. The standard InChI is InChI=1S/C6H9BrN2O2/c1-8-4-5(10)9(3-2-7)6(8)11/h4,10H,2-3H2,1H3. The summed E-state index contributed by atoms with van der Waals surface area (Å²) in [5.41, 5.74) is -0.193. The normalized spacial score (nSPS) is 10.4. The van der Waals surface area contributed by atoms with Gasteiger partial charge in [0.1, 0.15) is 0 Å². The highest BCUT2D eigenvalue weighted by molar-refractivity contribution is 9.09. The molecule has 0 spiro atoms. The molecule has 1 aromatic rings. The first kappa shape index (κ1) is 8.39. The molecule has 0 bridgehead atoms. The van der Waals surface area contributed by atoms with Crippen LogP contribution in [-0.2, 0) is 13.6 Å². The van der Waals surface area contributed by atoms with E-state index in [0.29, 0.717) is 11.9 Å². The van der Waals surface area contributed by atoms with Crippen LogP contribution in [0.25, 0.3) is 0 Å². The quantitative estimate of drug-likeness (QED) is 0.729. The first-order valence-corrected chi connectivity index (χ1v) is 4.30. The smallest absolute Gasteiger partial charge is 0.330 e. The largest absolute Gasteiger partial charge is 0.493 e. The summed E-state index contributed by atoms with van der Waals surface area (Å²) in [6.45, 7) is 0.492. The number of rotatable bonds is 2. The Morgan fingerprint density at radius 3 is 2.73 bits per heavy atom. The number of hydrogen-bond acceptors (Lipinski definition) is 2. The van der Waals surface area contributed by atoms with E-state index < -0.39 is 0 Å². The minimum absolute atomic E-state index is 0.0111. The number of alkyl halides is 1. The summed E-state index contributed by atoms with van der Waals surface area (Å²) < 4.78 is 2.65. The highest BCUT2D eigenvalue weighted by atomic mass is 79.9. The lowest BCUT2D eigenvalue weighted by molar-refractivity contribution is 0.419. The Morgan fingerprint density at radius 1 is 1.73 bits per heavy atom. The highest BCUT2D eigenvalue weighted by Gasteiger charge is 2.05. The number of aryl methyl sites for hydroxylation is 1. The van der Waals surface area contributed by atoms with Crippen molar-refractivity contribution in [2.75, 3.05) is 5.33 Å². The zero-order chi connectivity index (χ0) is 8.43. The lowest BCUT2D eigenvalue weighted by Crippen LogP contribution is -2.22. The van der Waals surface area contributed by atoms with Crippen LogP contribution in [0.3, 0.4) is 0 Å². The predicted octanol–water partition coefficient (Wildman–Crippen LogP) is 0.287. The predicted molar refractivity (Wildman–Crippen MR) is 45.1 cm³/mol. The molecule has 0 aromatic carbocycles. The Balaban J connectivity index is 3.12. The van der Waals surface area contributed by atoms with Crippen molar-refractivity contribution in [2.45, 2.75) is 6.54 Å². The second kappa shape index (κ2) is 3.13. The number of halogens is 1. The van der Waals surface area contributed by atoms with Crippen LogP contribution < -0.4 is 5.69 Å². The Labute approximate surface area is 72.2 Å². The van der Waals surface area contributed by atoms with Crippen molar-refractivity contribution in [2.24, 2.45) is 7.05 Å². The second-order valence-corrected chi connectivity index (χ2v) is 3.01. The lowest BCUT2D eigenvalue weighted by atomic mass is 10.7. The van der Waals surface area contributed by atoms with E-state index in [1.54, 1.807) is 7.05 Å². The third kappa shape index (κ3) is 1.48. The van der Waals surface area contributed by atoms with E-state index in [2.05, 4.69) is 15.9 Å². The van der Waals surface area contributed by atoms with Crippen LogP contribution in [0.4, 0.5) is 0 Å². The molecule has 0 unspecified atom stereocenters. The number of aromatic hydroxyl groups is 1. The SMILES string of the molecule is Cn1cc(O)n(CCBr)c1=O. The molecule has 1 aromatic heterocycles. The molecule has 0 amide bonds. The van der Waals surface area contributed by atoms with Crippen molar-refractivity contribution in [1.82, 2.24) is 9.13 Å². The van der Waals surface area contributed by atoms with E-state index in [4.69, 9.17) is 5.11 Å². The molecular formula is C6H9BrN2O2. The molecule has 1 heterocycles. The third-order valence-corrected chi connectivity index (χ3v) is 1.78. The van der Waals surface area contributed by atoms with Gasteiger partial charge in [-0.15, -0.1) is 0 Å². The van der Waals surface area contributed by atoms with Gasteiger partial charge in [0.2, 0.25) is 5.88 Å². The number of imidazole rings is 1. The minimum Gasteiger partial charge on any atom is -0.493 e. The molecule has 0 saturated heterocycles. The molecular weight excluding hydrogens is 212 g/mol. The van der Waals surface area contributed by atoms with Crippen LogP contribution in [0.1, 0.15) is 0 Å². The van der Waals surface area contributed by atoms with E-state index in [-0.39, 0.29) is 11.6 Å². The summed E-state index contributed by atoms with van der Waals surface area (Å²) in [5, 5.41) is 9.82. The van der Waals surface area contributed by atoms with Crippen molar-refractivity contribution in [3.8, 4) is 5.88 Å². The molecule has 4 nitrogen and oxygen atoms in total.